The Morgan fingerprint density at radius 3 is 2.66 bits per heavy atom. The molecule has 1 aliphatic carbocycles. The molecule has 2 N–H and O–H groups in total. The minimum Gasteiger partial charge on any atom is -0.326 e. The van der Waals surface area contributed by atoms with Gasteiger partial charge in [-0.15, -0.1) is 0 Å². The summed E-state index contributed by atoms with van der Waals surface area (Å²) >= 11 is 0. The first kappa shape index (κ1) is 19.1. The van der Waals surface area contributed by atoms with Gasteiger partial charge in [0.1, 0.15) is 5.82 Å². The second kappa shape index (κ2) is 7.99. The van der Waals surface area contributed by atoms with E-state index in [-0.39, 0.29) is 24.5 Å². The Hall–Kier alpha value is -3.28. The van der Waals surface area contributed by atoms with Crippen LogP contribution in [0.2, 0.25) is 0 Å². The summed E-state index contributed by atoms with van der Waals surface area (Å²) in [6, 6.07) is 13.1. The minimum atomic E-state index is -0.187. The highest BCUT2D eigenvalue weighted by Crippen LogP contribution is 2.38. The number of aromatic amines is 1. The second-order valence-electron chi connectivity index (χ2n) is 7.67. The number of rotatable bonds is 7. The van der Waals surface area contributed by atoms with Gasteiger partial charge in [0.05, 0.1) is 0 Å². The molecule has 6 heteroatoms. The Labute approximate surface area is 169 Å². The Morgan fingerprint density at radius 1 is 1.07 bits per heavy atom. The Kier molecular flexibility index (Phi) is 5.25. The lowest BCUT2D eigenvalue weighted by Gasteiger charge is -2.07. The van der Waals surface area contributed by atoms with Crippen LogP contribution in [-0.2, 0) is 4.79 Å². The van der Waals surface area contributed by atoms with Gasteiger partial charge in [-0.3, -0.25) is 14.7 Å². The lowest BCUT2D eigenvalue weighted by molar-refractivity contribution is -0.116. The number of aromatic nitrogens is 3. The molecule has 0 unspecified atom stereocenters. The van der Waals surface area contributed by atoms with E-state index >= 15 is 0 Å². The maximum atomic E-state index is 12.4. The van der Waals surface area contributed by atoms with E-state index < -0.39 is 0 Å². The molecular formula is C23H24N4O2. The third kappa shape index (κ3) is 4.59. The lowest BCUT2D eigenvalue weighted by atomic mass is 10.0. The zero-order chi connectivity index (χ0) is 20.4. The van der Waals surface area contributed by atoms with E-state index in [9.17, 15) is 9.59 Å². The summed E-state index contributed by atoms with van der Waals surface area (Å²) in [4.78, 5) is 29.2. The fourth-order valence-electron chi connectivity index (χ4n) is 3.19. The summed E-state index contributed by atoms with van der Waals surface area (Å²) in [6.07, 6.45) is 2.64. The molecular weight excluding hydrogens is 364 g/mol. The molecule has 0 bridgehead atoms. The SMILES string of the molecule is Cc1ccc(C(=O)CCC(=O)Nc2cccc(-c3n[nH]c(C4CC4)n3)c2)cc1C. The predicted octanol–water partition coefficient (Wildman–Crippen LogP) is 4.57. The predicted molar refractivity (Wildman–Crippen MR) is 112 cm³/mol. The van der Waals surface area contributed by atoms with Crippen LogP contribution in [-0.4, -0.2) is 26.9 Å². The van der Waals surface area contributed by atoms with E-state index in [0.717, 1.165) is 35.4 Å². The third-order valence-electron chi connectivity index (χ3n) is 5.28. The summed E-state index contributed by atoms with van der Waals surface area (Å²) in [6.45, 7) is 3.99. The molecule has 1 aliphatic rings. The molecule has 0 spiro atoms. The van der Waals surface area contributed by atoms with Gasteiger partial charge >= 0.3 is 0 Å². The number of carbonyl (C=O) groups excluding carboxylic acids is 2. The molecule has 1 aromatic heterocycles. The van der Waals surface area contributed by atoms with Gasteiger partial charge in [-0.2, -0.15) is 5.10 Å². The Morgan fingerprint density at radius 2 is 1.90 bits per heavy atom. The van der Waals surface area contributed by atoms with Gasteiger partial charge in [0.2, 0.25) is 5.91 Å². The van der Waals surface area contributed by atoms with Gasteiger partial charge in [-0.25, -0.2) is 4.98 Å². The largest absolute Gasteiger partial charge is 0.326 e. The number of ketones is 1. The topological polar surface area (TPSA) is 87.7 Å². The number of anilines is 1. The van der Waals surface area contributed by atoms with Crippen molar-refractivity contribution in [3.8, 4) is 11.4 Å². The molecule has 1 saturated carbocycles. The van der Waals surface area contributed by atoms with Crippen LogP contribution >= 0.6 is 0 Å². The number of carbonyl (C=O) groups is 2. The Balaban J connectivity index is 1.35. The number of nitrogens with zero attached hydrogens (tertiary/aromatic N) is 2. The summed E-state index contributed by atoms with van der Waals surface area (Å²) in [7, 11) is 0. The van der Waals surface area contributed by atoms with Crippen LogP contribution in [0.5, 0.6) is 0 Å². The van der Waals surface area contributed by atoms with Crippen molar-refractivity contribution in [2.45, 2.75) is 45.4 Å². The molecule has 3 aromatic rings. The number of amides is 1. The van der Waals surface area contributed by atoms with Crippen LogP contribution in [0.1, 0.15) is 58.9 Å². The molecule has 6 nitrogen and oxygen atoms in total. The van der Waals surface area contributed by atoms with Gasteiger partial charge in [0, 0.05) is 35.6 Å². The van der Waals surface area contributed by atoms with Crippen LogP contribution in [0.25, 0.3) is 11.4 Å². The Bertz CT molecular complexity index is 1070. The second-order valence-corrected chi connectivity index (χ2v) is 7.67. The van der Waals surface area contributed by atoms with Crippen LogP contribution in [0.3, 0.4) is 0 Å². The van der Waals surface area contributed by atoms with Crippen LogP contribution in [0.15, 0.2) is 42.5 Å². The number of Topliss-reactive ketones (excluding diaryl/α,β-unsaturated/α-hetero) is 1. The van der Waals surface area contributed by atoms with Crippen molar-refractivity contribution < 1.29 is 9.59 Å². The molecule has 1 amide bonds. The van der Waals surface area contributed by atoms with Gasteiger partial charge < -0.3 is 5.32 Å². The molecule has 0 aliphatic heterocycles. The number of benzene rings is 2. The van der Waals surface area contributed by atoms with Crippen molar-refractivity contribution in [1.29, 1.82) is 0 Å². The van der Waals surface area contributed by atoms with E-state index in [2.05, 4.69) is 20.5 Å². The zero-order valence-electron chi connectivity index (χ0n) is 16.7. The van der Waals surface area contributed by atoms with Crippen LogP contribution in [0.4, 0.5) is 5.69 Å². The first-order chi connectivity index (χ1) is 14.0. The first-order valence-electron chi connectivity index (χ1n) is 9.92. The van der Waals surface area contributed by atoms with Crippen molar-refractivity contribution in [3.63, 3.8) is 0 Å². The molecule has 1 heterocycles. The number of hydrogen-bond donors (Lipinski definition) is 2. The molecule has 1 fully saturated rings. The normalized spacial score (nSPS) is 13.3. The van der Waals surface area contributed by atoms with E-state index in [4.69, 9.17) is 0 Å². The van der Waals surface area contributed by atoms with Crippen LogP contribution in [0, 0.1) is 13.8 Å². The quantitative estimate of drug-likeness (QED) is 0.581. The molecule has 0 radical (unpaired) electrons. The summed E-state index contributed by atoms with van der Waals surface area (Å²) in [5.74, 6) is 1.86. The summed E-state index contributed by atoms with van der Waals surface area (Å²) in [5.41, 5.74) is 4.39. The average molecular weight is 388 g/mol. The van der Waals surface area contributed by atoms with Gasteiger partial charge in [0.25, 0.3) is 0 Å². The lowest BCUT2D eigenvalue weighted by Crippen LogP contribution is -2.13. The number of H-pyrrole nitrogens is 1. The minimum absolute atomic E-state index is 0.0228. The summed E-state index contributed by atoms with van der Waals surface area (Å²) < 4.78 is 0. The maximum Gasteiger partial charge on any atom is 0.224 e. The van der Waals surface area contributed by atoms with Crippen molar-refractivity contribution in [2.24, 2.45) is 0 Å². The molecule has 29 heavy (non-hydrogen) atoms. The van der Waals surface area contributed by atoms with E-state index in [1.807, 2.05) is 56.3 Å². The van der Waals surface area contributed by atoms with Crippen molar-refractivity contribution in [3.05, 3.63) is 65.0 Å². The summed E-state index contributed by atoms with van der Waals surface area (Å²) in [5, 5.41) is 10.1. The fourth-order valence-corrected chi connectivity index (χ4v) is 3.19. The molecule has 0 saturated heterocycles. The molecule has 0 atom stereocenters. The smallest absolute Gasteiger partial charge is 0.224 e. The standard InChI is InChI=1S/C23H24N4O2/c1-14-6-7-17(12-15(14)2)20(28)10-11-21(29)24-19-5-3-4-18(13-19)23-25-22(26-27-23)16-8-9-16/h3-7,12-13,16H,8-11H2,1-2H3,(H,24,29)(H,25,26,27). The van der Waals surface area contributed by atoms with E-state index in [1.165, 1.54) is 0 Å². The zero-order valence-corrected chi connectivity index (χ0v) is 16.7. The van der Waals surface area contributed by atoms with E-state index in [1.54, 1.807) is 0 Å². The number of aryl methyl sites for hydroxylation is 2. The van der Waals surface area contributed by atoms with E-state index in [0.29, 0.717) is 23.0 Å². The highest BCUT2D eigenvalue weighted by Gasteiger charge is 2.27. The van der Waals surface area contributed by atoms with Crippen molar-refractivity contribution in [1.82, 2.24) is 15.2 Å². The number of hydrogen-bond acceptors (Lipinski definition) is 4. The average Bonchev–Trinajstić information content (AvgIpc) is 3.45. The molecule has 2 aromatic carbocycles. The van der Waals surface area contributed by atoms with Gasteiger partial charge in [0.15, 0.2) is 11.6 Å². The fraction of sp³-hybridized carbons (Fsp3) is 0.304. The van der Waals surface area contributed by atoms with Gasteiger partial charge in [-0.1, -0.05) is 24.3 Å². The molecule has 4 rings (SSSR count). The van der Waals surface area contributed by atoms with Gasteiger partial charge in [-0.05, 0) is 56.0 Å². The molecule has 148 valence electrons. The highest BCUT2D eigenvalue weighted by molar-refractivity contribution is 6.00. The first-order valence-corrected chi connectivity index (χ1v) is 9.92. The highest BCUT2D eigenvalue weighted by atomic mass is 16.2. The maximum absolute atomic E-state index is 12.4. The number of nitrogens with one attached hydrogen (secondary N) is 2. The monoisotopic (exact) mass is 388 g/mol. The third-order valence-corrected chi connectivity index (χ3v) is 5.28. The van der Waals surface area contributed by atoms with Crippen molar-refractivity contribution in [2.75, 3.05) is 5.32 Å². The van der Waals surface area contributed by atoms with Crippen LogP contribution < -0.4 is 5.32 Å². The van der Waals surface area contributed by atoms with Crippen molar-refractivity contribution >= 4 is 17.4 Å².